The van der Waals surface area contributed by atoms with E-state index in [0.29, 0.717) is 0 Å². The van der Waals surface area contributed by atoms with Crippen molar-refractivity contribution in [3.63, 3.8) is 0 Å². The lowest BCUT2D eigenvalue weighted by Crippen LogP contribution is -1.93. The van der Waals surface area contributed by atoms with Crippen LogP contribution in [0.5, 0.6) is 0 Å². The minimum absolute atomic E-state index is 0.735. The summed E-state index contributed by atoms with van der Waals surface area (Å²) in [4.78, 5) is 8.74. The van der Waals surface area contributed by atoms with Crippen LogP contribution in [0, 0.1) is 13.8 Å². The highest BCUT2D eigenvalue weighted by Crippen LogP contribution is 2.24. The van der Waals surface area contributed by atoms with Gasteiger partial charge in [-0.3, -0.25) is 0 Å². The molecule has 2 rings (SSSR count). The molecule has 0 unspecified atom stereocenters. The van der Waals surface area contributed by atoms with Crippen LogP contribution in [-0.4, -0.2) is 9.97 Å². The summed E-state index contributed by atoms with van der Waals surface area (Å²) in [5.74, 6) is 0.735. The molecule has 0 saturated heterocycles. The second-order valence-corrected chi connectivity index (χ2v) is 5.28. The van der Waals surface area contributed by atoms with Crippen molar-refractivity contribution >= 4 is 31.9 Å². The lowest BCUT2D eigenvalue weighted by molar-refractivity contribution is 1.11. The lowest BCUT2D eigenvalue weighted by Gasteiger charge is -2.06. The summed E-state index contributed by atoms with van der Waals surface area (Å²) in [6.07, 6.45) is 0. The molecule has 0 aliphatic carbocycles. The zero-order valence-corrected chi connectivity index (χ0v) is 12.1. The minimum Gasteiger partial charge on any atom is -0.221 e. The number of hydrogen-bond acceptors (Lipinski definition) is 2. The molecule has 0 aliphatic rings. The zero-order chi connectivity index (χ0) is 11.7. The summed E-state index contributed by atoms with van der Waals surface area (Å²) in [7, 11) is 0. The predicted molar refractivity (Wildman–Crippen MR) is 72.3 cm³/mol. The van der Waals surface area contributed by atoms with E-state index in [4.69, 9.17) is 0 Å². The summed E-state index contributed by atoms with van der Waals surface area (Å²) in [5.41, 5.74) is 3.49. The largest absolute Gasteiger partial charge is 0.221 e. The summed E-state index contributed by atoms with van der Waals surface area (Å²) in [5, 5.41) is 0. The number of aromatic nitrogens is 2. The molecule has 4 heteroatoms. The Morgan fingerprint density at radius 3 is 2.12 bits per heavy atom. The standard InChI is InChI=1S/C12H10Br2N2/c1-7-3-4-9(8(2)5-7)12-15-10(13)6-11(14)16-12/h3-6H,1-2H3. The second kappa shape index (κ2) is 4.63. The number of aryl methyl sites for hydroxylation is 2. The van der Waals surface area contributed by atoms with E-state index in [2.05, 4.69) is 73.9 Å². The molecule has 82 valence electrons. The maximum Gasteiger partial charge on any atom is 0.161 e. The topological polar surface area (TPSA) is 25.8 Å². The second-order valence-electron chi connectivity index (χ2n) is 3.66. The Labute approximate surface area is 111 Å². The fraction of sp³-hybridized carbons (Fsp3) is 0.167. The van der Waals surface area contributed by atoms with Crippen molar-refractivity contribution in [1.82, 2.24) is 9.97 Å². The van der Waals surface area contributed by atoms with Crippen molar-refractivity contribution in [3.05, 3.63) is 44.6 Å². The maximum absolute atomic E-state index is 4.37. The molecule has 1 aromatic heterocycles. The monoisotopic (exact) mass is 340 g/mol. The SMILES string of the molecule is Cc1ccc(-c2nc(Br)cc(Br)n2)c(C)c1. The van der Waals surface area contributed by atoms with Crippen molar-refractivity contribution in [2.45, 2.75) is 13.8 Å². The van der Waals surface area contributed by atoms with Crippen LogP contribution >= 0.6 is 31.9 Å². The molecule has 2 aromatic rings. The van der Waals surface area contributed by atoms with Gasteiger partial charge in [-0.15, -0.1) is 0 Å². The van der Waals surface area contributed by atoms with E-state index in [9.17, 15) is 0 Å². The number of halogens is 2. The fourth-order valence-electron chi connectivity index (χ4n) is 1.58. The van der Waals surface area contributed by atoms with Crippen LogP contribution in [0.2, 0.25) is 0 Å². The molecular weight excluding hydrogens is 332 g/mol. The first-order chi connectivity index (χ1) is 7.56. The molecule has 0 radical (unpaired) electrons. The number of rotatable bonds is 1. The van der Waals surface area contributed by atoms with Gasteiger partial charge < -0.3 is 0 Å². The van der Waals surface area contributed by atoms with Gasteiger partial charge in [0.15, 0.2) is 5.82 Å². The Morgan fingerprint density at radius 2 is 1.56 bits per heavy atom. The molecular formula is C12H10Br2N2. The van der Waals surface area contributed by atoms with Crippen LogP contribution in [0.15, 0.2) is 33.5 Å². The number of benzene rings is 1. The first-order valence-corrected chi connectivity index (χ1v) is 6.42. The van der Waals surface area contributed by atoms with Crippen LogP contribution in [0.25, 0.3) is 11.4 Å². The molecule has 16 heavy (non-hydrogen) atoms. The molecule has 0 N–H and O–H groups in total. The third-order valence-corrected chi connectivity index (χ3v) is 3.10. The Kier molecular flexibility index (Phi) is 3.40. The first kappa shape index (κ1) is 11.7. The van der Waals surface area contributed by atoms with Gasteiger partial charge in [0.1, 0.15) is 9.21 Å². The van der Waals surface area contributed by atoms with Crippen LogP contribution < -0.4 is 0 Å². The Hall–Kier alpha value is -0.740. The molecule has 0 atom stereocenters. The molecule has 2 nitrogen and oxygen atoms in total. The van der Waals surface area contributed by atoms with E-state index in [-0.39, 0.29) is 0 Å². The van der Waals surface area contributed by atoms with Gasteiger partial charge in [0.25, 0.3) is 0 Å². The highest BCUT2D eigenvalue weighted by atomic mass is 79.9. The summed E-state index contributed by atoms with van der Waals surface area (Å²) in [6, 6.07) is 8.08. The summed E-state index contributed by atoms with van der Waals surface area (Å²) in [6.45, 7) is 4.15. The van der Waals surface area contributed by atoms with Crippen molar-refractivity contribution in [2.75, 3.05) is 0 Å². The Bertz CT molecular complexity index is 518. The molecule has 0 bridgehead atoms. The molecule has 0 spiro atoms. The van der Waals surface area contributed by atoms with E-state index in [0.717, 1.165) is 20.6 Å². The fourth-order valence-corrected chi connectivity index (χ4v) is 2.65. The van der Waals surface area contributed by atoms with E-state index >= 15 is 0 Å². The van der Waals surface area contributed by atoms with Crippen LogP contribution in [0.3, 0.4) is 0 Å². The van der Waals surface area contributed by atoms with Crippen molar-refractivity contribution in [3.8, 4) is 11.4 Å². The molecule has 1 aromatic carbocycles. The Morgan fingerprint density at radius 1 is 0.938 bits per heavy atom. The van der Waals surface area contributed by atoms with E-state index in [1.54, 1.807) is 0 Å². The third kappa shape index (κ3) is 2.50. The first-order valence-electron chi connectivity index (χ1n) is 4.84. The maximum atomic E-state index is 4.37. The van der Waals surface area contributed by atoms with Gasteiger partial charge in [-0.2, -0.15) is 0 Å². The van der Waals surface area contributed by atoms with Crippen LogP contribution in [0.1, 0.15) is 11.1 Å². The van der Waals surface area contributed by atoms with E-state index in [1.807, 2.05) is 6.07 Å². The van der Waals surface area contributed by atoms with E-state index in [1.165, 1.54) is 11.1 Å². The molecule has 0 amide bonds. The van der Waals surface area contributed by atoms with Crippen molar-refractivity contribution in [1.29, 1.82) is 0 Å². The molecule has 0 aliphatic heterocycles. The molecule has 0 fully saturated rings. The summed E-state index contributed by atoms with van der Waals surface area (Å²) < 4.78 is 1.56. The van der Waals surface area contributed by atoms with Crippen molar-refractivity contribution < 1.29 is 0 Å². The van der Waals surface area contributed by atoms with Crippen molar-refractivity contribution in [2.24, 2.45) is 0 Å². The quantitative estimate of drug-likeness (QED) is 0.723. The van der Waals surface area contributed by atoms with Crippen LogP contribution in [0.4, 0.5) is 0 Å². The lowest BCUT2D eigenvalue weighted by atomic mass is 10.1. The van der Waals surface area contributed by atoms with Gasteiger partial charge in [0, 0.05) is 11.6 Å². The molecule has 0 saturated carbocycles. The van der Waals surface area contributed by atoms with Gasteiger partial charge >= 0.3 is 0 Å². The third-order valence-electron chi connectivity index (χ3n) is 2.29. The zero-order valence-electron chi connectivity index (χ0n) is 8.96. The van der Waals surface area contributed by atoms with Gasteiger partial charge in [-0.25, -0.2) is 9.97 Å². The van der Waals surface area contributed by atoms with Crippen LogP contribution in [-0.2, 0) is 0 Å². The van der Waals surface area contributed by atoms with Gasteiger partial charge in [0.05, 0.1) is 0 Å². The summed E-state index contributed by atoms with van der Waals surface area (Å²) >= 11 is 6.74. The molecule has 1 heterocycles. The predicted octanol–water partition coefficient (Wildman–Crippen LogP) is 4.29. The minimum atomic E-state index is 0.735. The smallest absolute Gasteiger partial charge is 0.161 e. The Balaban J connectivity index is 2.58. The highest BCUT2D eigenvalue weighted by molar-refractivity contribution is 9.11. The normalized spacial score (nSPS) is 10.5. The number of hydrogen-bond donors (Lipinski definition) is 0. The van der Waals surface area contributed by atoms with Gasteiger partial charge in [-0.1, -0.05) is 23.8 Å². The average molecular weight is 342 g/mol. The van der Waals surface area contributed by atoms with E-state index < -0.39 is 0 Å². The highest BCUT2D eigenvalue weighted by Gasteiger charge is 2.07. The number of nitrogens with zero attached hydrogens (tertiary/aromatic N) is 2. The van der Waals surface area contributed by atoms with Gasteiger partial charge in [0.2, 0.25) is 0 Å². The van der Waals surface area contributed by atoms with Gasteiger partial charge in [-0.05, 0) is 51.3 Å². The average Bonchev–Trinajstić information content (AvgIpc) is 2.15.